The molecule has 0 unspecified atom stereocenters. The van der Waals surface area contributed by atoms with Gasteiger partial charge < -0.3 is 11.5 Å². The van der Waals surface area contributed by atoms with Crippen molar-refractivity contribution in [2.45, 2.75) is 6.42 Å². The molecule has 0 aliphatic rings. The largest absolute Gasteiger partial charge is 0.381 e. The van der Waals surface area contributed by atoms with Crippen molar-refractivity contribution in [2.24, 2.45) is 5.73 Å². The lowest BCUT2D eigenvalue weighted by Crippen LogP contribution is -2.08. The first-order valence-electron chi connectivity index (χ1n) is 3.66. The smallest absolute Gasteiger partial charge is 0.229 e. The number of primary amides is 1. The Morgan fingerprint density at radius 2 is 2.36 bits per heavy atom. The number of nitrogens with one attached hydrogen (secondary N) is 1. The molecular weight excluding hydrogens is 182 g/mol. The van der Waals surface area contributed by atoms with Crippen LogP contribution in [-0.4, -0.2) is 16.1 Å². The average Bonchev–Trinajstić information content (AvgIpc) is 2.46. The first kappa shape index (κ1) is 9.62. The Bertz CT molecular complexity index is 456. The predicted octanol–water partition coefficient (Wildman–Crippen LogP) is -0.910. The number of aromatic nitrogens is 2. The monoisotopic (exact) mass is 189 g/mol. The molecule has 0 aliphatic carbocycles. The molecule has 0 atom stereocenters. The Balaban J connectivity index is 2.91. The van der Waals surface area contributed by atoms with E-state index in [0.29, 0.717) is 5.69 Å². The van der Waals surface area contributed by atoms with Gasteiger partial charge in [-0.1, -0.05) is 5.92 Å². The van der Waals surface area contributed by atoms with Gasteiger partial charge in [-0.15, -0.1) is 0 Å². The van der Waals surface area contributed by atoms with Crippen molar-refractivity contribution in [2.75, 3.05) is 5.73 Å². The number of hydrogen-bond acceptors (Lipinski definition) is 4. The maximum Gasteiger partial charge on any atom is 0.229 e. The van der Waals surface area contributed by atoms with E-state index in [1.165, 1.54) is 0 Å². The van der Waals surface area contributed by atoms with Gasteiger partial charge in [0.05, 0.1) is 6.42 Å². The number of nitrogens with zero attached hydrogens (tertiary/aromatic N) is 2. The SMILES string of the molecule is N#Cc1c(N)n[nH]c1C#CCC(N)=O. The van der Waals surface area contributed by atoms with Crippen molar-refractivity contribution in [1.82, 2.24) is 10.2 Å². The fourth-order valence-electron chi connectivity index (χ4n) is 0.779. The summed E-state index contributed by atoms with van der Waals surface area (Å²) in [4.78, 5) is 10.4. The molecule has 1 aromatic heterocycles. The van der Waals surface area contributed by atoms with Crippen LogP contribution in [0.2, 0.25) is 0 Å². The summed E-state index contributed by atoms with van der Waals surface area (Å²) in [6, 6.07) is 1.84. The number of nitrogen functional groups attached to an aromatic ring is 1. The summed E-state index contributed by atoms with van der Waals surface area (Å²) >= 11 is 0. The molecule has 0 aromatic carbocycles. The Morgan fingerprint density at radius 1 is 1.64 bits per heavy atom. The van der Waals surface area contributed by atoms with Crippen molar-refractivity contribution in [3.05, 3.63) is 11.3 Å². The Labute approximate surface area is 79.9 Å². The van der Waals surface area contributed by atoms with E-state index in [1.54, 1.807) is 0 Å². The molecule has 1 aromatic rings. The number of amides is 1. The number of aromatic amines is 1. The highest BCUT2D eigenvalue weighted by atomic mass is 16.1. The minimum Gasteiger partial charge on any atom is -0.381 e. The zero-order chi connectivity index (χ0) is 10.6. The van der Waals surface area contributed by atoms with Crippen molar-refractivity contribution in [1.29, 1.82) is 5.26 Å². The third-order valence-corrected chi connectivity index (χ3v) is 1.38. The lowest BCUT2D eigenvalue weighted by atomic mass is 10.2. The number of nitrogens with two attached hydrogens (primary N) is 2. The molecule has 0 saturated carbocycles. The van der Waals surface area contributed by atoms with E-state index in [-0.39, 0.29) is 17.8 Å². The molecule has 1 rings (SSSR count). The van der Waals surface area contributed by atoms with Crippen molar-refractivity contribution in [3.8, 4) is 17.9 Å². The fourth-order valence-corrected chi connectivity index (χ4v) is 0.779. The summed E-state index contributed by atoms with van der Waals surface area (Å²) < 4.78 is 0. The summed E-state index contributed by atoms with van der Waals surface area (Å²) in [6.45, 7) is 0. The summed E-state index contributed by atoms with van der Waals surface area (Å²) in [6.07, 6.45) is -0.0657. The van der Waals surface area contributed by atoms with Crippen molar-refractivity contribution in [3.63, 3.8) is 0 Å². The number of hydrogen-bond donors (Lipinski definition) is 3. The van der Waals surface area contributed by atoms with Crippen LogP contribution in [0.5, 0.6) is 0 Å². The number of nitriles is 1. The molecule has 0 radical (unpaired) electrons. The highest BCUT2D eigenvalue weighted by molar-refractivity contribution is 5.76. The topological polar surface area (TPSA) is 122 Å². The molecule has 0 aliphatic heterocycles. The van der Waals surface area contributed by atoms with Crippen LogP contribution in [0.15, 0.2) is 0 Å². The van der Waals surface area contributed by atoms with E-state index in [4.69, 9.17) is 16.7 Å². The van der Waals surface area contributed by atoms with Crippen LogP contribution < -0.4 is 11.5 Å². The van der Waals surface area contributed by atoms with Gasteiger partial charge >= 0.3 is 0 Å². The van der Waals surface area contributed by atoms with Crippen LogP contribution in [0.4, 0.5) is 5.82 Å². The number of rotatable bonds is 1. The lowest BCUT2D eigenvalue weighted by Gasteiger charge is -1.83. The minimum atomic E-state index is -0.525. The maximum absolute atomic E-state index is 10.4. The van der Waals surface area contributed by atoms with E-state index in [1.807, 2.05) is 6.07 Å². The summed E-state index contributed by atoms with van der Waals surface area (Å²) in [7, 11) is 0. The van der Waals surface area contributed by atoms with Gasteiger partial charge in [-0.05, 0) is 5.92 Å². The molecule has 0 fully saturated rings. The normalized spacial score (nSPS) is 8.50. The highest BCUT2D eigenvalue weighted by Crippen LogP contribution is 2.09. The molecular formula is C8H7N5O. The second-order valence-corrected chi connectivity index (χ2v) is 2.42. The van der Waals surface area contributed by atoms with E-state index >= 15 is 0 Å². The van der Waals surface area contributed by atoms with Gasteiger partial charge in [0.2, 0.25) is 5.91 Å². The molecule has 5 N–H and O–H groups in total. The van der Waals surface area contributed by atoms with Gasteiger partial charge in [-0.25, -0.2) is 0 Å². The molecule has 14 heavy (non-hydrogen) atoms. The maximum atomic E-state index is 10.4. The van der Waals surface area contributed by atoms with E-state index in [9.17, 15) is 4.79 Å². The van der Waals surface area contributed by atoms with Crippen LogP contribution in [0.3, 0.4) is 0 Å². The quantitative estimate of drug-likeness (QED) is 0.495. The predicted molar refractivity (Wildman–Crippen MR) is 48.4 cm³/mol. The average molecular weight is 189 g/mol. The van der Waals surface area contributed by atoms with Crippen LogP contribution in [0.25, 0.3) is 0 Å². The fraction of sp³-hybridized carbons (Fsp3) is 0.125. The molecule has 0 spiro atoms. The zero-order valence-corrected chi connectivity index (χ0v) is 7.16. The van der Waals surface area contributed by atoms with Gasteiger partial charge in [-0.3, -0.25) is 9.89 Å². The molecule has 0 bridgehead atoms. The zero-order valence-electron chi connectivity index (χ0n) is 7.16. The highest BCUT2D eigenvalue weighted by Gasteiger charge is 2.06. The first-order chi connectivity index (χ1) is 6.65. The molecule has 70 valence electrons. The van der Waals surface area contributed by atoms with Crippen LogP contribution in [0, 0.1) is 23.2 Å². The number of H-pyrrole nitrogens is 1. The molecule has 1 heterocycles. The van der Waals surface area contributed by atoms with E-state index in [0.717, 1.165) is 0 Å². The van der Waals surface area contributed by atoms with E-state index in [2.05, 4.69) is 22.0 Å². The first-order valence-corrected chi connectivity index (χ1v) is 3.66. The minimum absolute atomic E-state index is 0.0657. The third kappa shape index (κ3) is 2.02. The standard InChI is InChI=1S/C8H7N5O/c9-4-5-6(12-13-8(5)11)2-1-3-7(10)14/h3H2,(H2,10,14)(H3,11,12,13). The van der Waals surface area contributed by atoms with E-state index < -0.39 is 5.91 Å². The van der Waals surface area contributed by atoms with Gasteiger partial charge in [0, 0.05) is 0 Å². The number of carbonyl (C=O) groups excluding carboxylic acids is 1. The number of anilines is 1. The third-order valence-electron chi connectivity index (χ3n) is 1.38. The lowest BCUT2D eigenvalue weighted by molar-refractivity contribution is -0.117. The number of carbonyl (C=O) groups is 1. The second-order valence-electron chi connectivity index (χ2n) is 2.42. The van der Waals surface area contributed by atoms with Gasteiger partial charge in [0.15, 0.2) is 5.82 Å². The Hall–Kier alpha value is -2.47. The van der Waals surface area contributed by atoms with Crippen molar-refractivity contribution < 1.29 is 4.79 Å². The summed E-state index contributed by atoms with van der Waals surface area (Å²) in [5.74, 6) is 4.60. The Morgan fingerprint density at radius 3 is 2.93 bits per heavy atom. The van der Waals surface area contributed by atoms with Crippen LogP contribution in [-0.2, 0) is 4.79 Å². The van der Waals surface area contributed by atoms with Crippen LogP contribution >= 0.6 is 0 Å². The van der Waals surface area contributed by atoms with Crippen LogP contribution in [0.1, 0.15) is 17.7 Å². The summed E-state index contributed by atoms with van der Waals surface area (Å²) in [5.41, 5.74) is 10.7. The molecule has 0 saturated heterocycles. The van der Waals surface area contributed by atoms with Crippen molar-refractivity contribution >= 4 is 11.7 Å². The van der Waals surface area contributed by atoms with Gasteiger partial charge in [-0.2, -0.15) is 10.4 Å². The van der Waals surface area contributed by atoms with Gasteiger partial charge in [0.1, 0.15) is 17.3 Å². The molecule has 6 nitrogen and oxygen atoms in total. The molecule has 1 amide bonds. The summed E-state index contributed by atoms with van der Waals surface area (Å²) in [5, 5.41) is 14.7. The molecule has 6 heteroatoms. The Kier molecular flexibility index (Phi) is 2.72. The second kappa shape index (κ2) is 3.97. The van der Waals surface area contributed by atoms with Gasteiger partial charge in [0.25, 0.3) is 0 Å².